The second-order valence-electron chi connectivity index (χ2n) is 5.66. The first kappa shape index (κ1) is 15.5. The van der Waals surface area contributed by atoms with Gasteiger partial charge in [-0.25, -0.2) is 9.69 Å². The molecule has 1 atom stereocenters. The van der Waals surface area contributed by atoms with Crippen LogP contribution in [0.15, 0.2) is 0 Å². The molecular weight excluding hydrogens is 274 g/mol. The number of nitrogens with one attached hydrogen (secondary N) is 1. The van der Waals surface area contributed by atoms with E-state index in [-0.39, 0.29) is 12.1 Å². The van der Waals surface area contributed by atoms with Gasteiger partial charge >= 0.3 is 17.8 Å². The fourth-order valence-electron chi connectivity index (χ4n) is 2.71. The molecule has 21 heavy (non-hydrogen) atoms. The lowest BCUT2D eigenvalue weighted by atomic mass is 10.2. The van der Waals surface area contributed by atoms with E-state index in [1.165, 1.54) is 0 Å². The van der Waals surface area contributed by atoms with E-state index in [4.69, 9.17) is 0 Å². The maximum atomic E-state index is 12.2. The van der Waals surface area contributed by atoms with Crippen LogP contribution in [0.2, 0.25) is 0 Å². The average molecular weight is 295 g/mol. The maximum Gasteiger partial charge on any atom is 0.334 e. The monoisotopic (exact) mass is 295 g/mol. The molecule has 0 radical (unpaired) electrons. The number of amides is 5. The van der Waals surface area contributed by atoms with E-state index < -0.39 is 30.3 Å². The summed E-state index contributed by atoms with van der Waals surface area (Å²) in [7, 11) is 0. The Kier molecular flexibility index (Phi) is 4.59. The van der Waals surface area contributed by atoms with Crippen molar-refractivity contribution in [3.8, 4) is 0 Å². The maximum absolute atomic E-state index is 12.2. The van der Waals surface area contributed by atoms with Gasteiger partial charge in [0.25, 0.3) is 0 Å². The smallest absolute Gasteiger partial charge is 0.334 e. The van der Waals surface area contributed by atoms with Gasteiger partial charge in [-0.1, -0.05) is 19.8 Å². The lowest BCUT2D eigenvalue weighted by Crippen LogP contribution is -2.44. The molecule has 2 fully saturated rings. The van der Waals surface area contributed by atoms with Crippen molar-refractivity contribution in [2.75, 3.05) is 6.54 Å². The quantitative estimate of drug-likeness (QED) is 0.595. The minimum atomic E-state index is -0.897. The van der Waals surface area contributed by atoms with Crippen LogP contribution in [0, 0.1) is 0 Å². The summed E-state index contributed by atoms with van der Waals surface area (Å²) in [5, 5.41) is 2.68. The van der Waals surface area contributed by atoms with E-state index in [0.717, 1.165) is 41.9 Å². The highest BCUT2D eigenvalue weighted by atomic mass is 16.2. The van der Waals surface area contributed by atoms with E-state index >= 15 is 0 Å². The average Bonchev–Trinajstić information content (AvgIpc) is 3.03. The zero-order valence-electron chi connectivity index (χ0n) is 12.4. The van der Waals surface area contributed by atoms with Gasteiger partial charge in [0.2, 0.25) is 5.91 Å². The number of carbonyl (C=O) groups is 4. The number of carbonyl (C=O) groups excluding carboxylic acids is 4. The van der Waals surface area contributed by atoms with E-state index in [2.05, 4.69) is 5.32 Å². The standard InChI is InChI=1S/C14H21N3O4/c1-3-9(2)15-11(18)8-16-12(19)13(20)17(14(16)21)10-6-4-5-7-10/h9-10H,3-8H2,1-2H3,(H,15,18)/t9-/m0/s1. The Labute approximate surface area is 123 Å². The van der Waals surface area contributed by atoms with Crippen molar-refractivity contribution in [1.29, 1.82) is 0 Å². The Morgan fingerprint density at radius 2 is 1.86 bits per heavy atom. The third kappa shape index (κ3) is 3.06. The second-order valence-corrected chi connectivity index (χ2v) is 5.66. The van der Waals surface area contributed by atoms with Crippen LogP contribution in [0.25, 0.3) is 0 Å². The first-order valence-electron chi connectivity index (χ1n) is 7.44. The highest BCUT2D eigenvalue weighted by Gasteiger charge is 2.48. The molecule has 2 aliphatic rings. The van der Waals surface area contributed by atoms with Crippen LogP contribution >= 0.6 is 0 Å². The Hall–Kier alpha value is -1.92. The lowest BCUT2D eigenvalue weighted by molar-refractivity contribution is -0.144. The highest BCUT2D eigenvalue weighted by Crippen LogP contribution is 2.27. The minimum Gasteiger partial charge on any atom is -0.352 e. The van der Waals surface area contributed by atoms with Crippen LogP contribution in [0.1, 0.15) is 46.0 Å². The first-order valence-corrected chi connectivity index (χ1v) is 7.44. The molecule has 0 bridgehead atoms. The van der Waals surface area contributed by atoms with Crippen LogP contribution < -0.4 is 5.32 Å². The van der Waals surface area contributed by atoms with Gasteiger partial charge in [0.05, 0.1) is 0 Å². The summed E-state index contributed by atoms with van der Waals surface area (Å²) >= 11 is 0. The molecule has 7 nitrogen and oxygen atoms in total. The molecule has 1 N–H and O–H groups in total. The number of imide groups is 2. The van der Waals surface area contributed by atoms with Gasteiger partial charge in [0.15, 0.2) is 0 Å². The number of hydrogen-bond acceptors (Lipinski definition) is 4. The van der Waals surface area contributed by atoms with Crippen molar-refractivity contribution in [2.45, 2.75) is 58.0 Å². The lowest BCUT2D eigenvalue weighted by Gasteiger charge is -2.21. The molecule has 7 heteroatoms. The zero-order chi connectivity index (χ0) is 15.6. The van der Waals surface area contributed by atoms with Crippen molar-refractivity contribution in [3.05, 3.63) is 0 Å². The van der Waals surface area contributed by atoms with Crippen LogP contribution in [0.5, 0.6) is 0 Å². The molecule has 1 aliphatic heterocycles. The molecule has 1 saturated heterocycles. The van der Waals surface area contributed by atoms with Gasteiger partial charge in [0, 0.05) is 12.1 Å². The Morgan fingerprint density at radius 3 is 2.43 bits per heavy atom. The van der Waals surface area contributed by atoms with E-state index in [9.17, 15) is 19.2 Å². The van der Waals surface area contributed by atoms with Crippen molar-refractivity contribution in [2.24, 2.45) is 0 Å². The number of hydrogen-bond donors (Lipinski definition) is 1. The molecule has 1 aliphatic carbocycles. The first-order chi connectivity index (χ1) is 9.95. The summed E-state index contributed by atoms with van der Waals surface area (Å²) in [6.07, 6.45) is 4.12. The molecule has 116 valence electrons. The fourth-order valence-corrected chi connectivity index (χ4v) is 2.71. The molecule has 0 spiro atoms. The molecule has 0 aromatic heterocycles. The minimum absolute atomic E-state index is 0.0352. The van der Waals surface area contributed by atoms with Crippen LogP contribution in [0.4, 0.5) is 4.79 Å². The van der Waals surface area contributed by atoms with Gasteiger partial charge in [-0.05, 0) is 26.2 Å². The molecule has 0 aromatic rings. The van der Waals surface area contributed by atoms with Gasteiger partial charge in [-0.3, -0.25) is 19.3 Å². The van der Waals surface area contributed by atoms with E-state index in [1.807, 2.05) is 13.8 Å². The van der Waals surface area contributed by atoms with E-state index in [0.29, 0.717) is 0 Å². The Balaban J connectivity index is 2.03. The van der Waals surface area contributed by atoms with Gasteiger partial charge < -0.3 is 5.32 Å². The van der Waals surface area contributed by atoms with E-state index in [1.54, 1.807) is 0 Å². The second kappa shape index (κ2) is 6.24. The Morgan fingerprint density at radius 1 is 1.24 bits per heavy atom. The summed E-state index contributed by atoms with van der Waals surface area (Å²) in [6.45, 7) is 3.36. The van der Waals surface area contributed by atoms with Crippen molar-refractivity contribution < 1.29 is 19.2 Å². The third-order valence-corrected chi connectivity index (χ3v) is 4.10. The number of rotatable bonds is 5. The summed E-state index contributed by atoms with van der Waals surface area (Å²) in [5.41, 5.74) is 0. The van der Waals surface area contributed by atoms with Crippen molar-refractivity contribution in [3.63, 3.8) is 0 Å². The predicted molar refractivity (Wildman–Crippen MR) is 74.1 cm³/mol. The topological polar surface area (TPSA) is 86.8 Å². The third-order valence-electron chi connectivity index (χ3n) is 4.10. The predicted octanol–water partition coefficient (Wildman–Crippen LogP) is 0.634. The van der Waals surface area contributed by atoms with Gasteiger partial charge in [-0.2, -0.15) is 0 Å². The fraction of sp³-hybridized carbons (Fsp3) is 0.714. The van der Waals surface area contributed by atoms with Crippen LogP contribution in [-0.2, 0) is 14.4 Å². The van der Waals surface area contributed by atoms with Crippen molar-refractivity contribution >= 4 is 23.8 Å². The molecule has 1 saturated carbocycles. The Bertz CT molecular complexity index is 471. The largest absolute Gasteiger partial charge is 0.352 e. The van der Waals surface area contributed by atoms with Gasteiger partial charge in [0.1, 0.15) is 6.54 Å². The van der Waals surface area contributed by atoms with Gasteiger partial charge in [-0.15, -0.1) is 0 Å². The summed E-state index contributed by atoms with van der Waals surface area (Å²) in [4.78, 5) is 49.7. The number of nitrogens with zero attached hydrogens (tertiary/aromatic N) is 2. The molecule has 1 heterocycles. The summed E-state index contributed by atoms with van der Waals surface area (Å²) < 4.78 is 0. The van der Waals surface area contributed by atoms with Crippen LogP contribution in [0.3, 0.4) is 0 Å². The molecule has 5 amide bonds. The highest BCUT2D eigenvalue weighted by molar-refractivity contribution is 6.45. The molecule has 0 unspecified atom stereocenters. The molecule has 0 aromatic carbocycles. The zero-order valence-corrected chi connectivity index (χ0v) is 12.4. The summed E-state index contributed by atoms with van der Waals surface area (Å²) in [5.74, 6) is -2.12. The van der Waals surface area contributed by atoms with Crippen molar-refractivity contribution in [1.82, 2.24) is 15.1 Å². The number of urea groups is 1. The summed E-state index contributed by atoms with van der Waals surface area (Å²) in [6, 6.07) is -0.889. The normalized spacial score (nSPS) is 21.3. The molecule has 2 rings (SSSR count). The SMILES string of the molecule is CC[C@H](C)NC(=O)CN1C(=O)C(=O)N(C2CCCC2)C1=O. The van der Waals surface area contributed by atoms with Crippen LogP contribution in [-0.4, -0.2) is 52.2 Å². The molecular formula is C14H21N3O4.